The molecule has 1 saturated heterocycles. The van der Waals surface area contributed by atoms with Gasteiger partial charge in [0.15, 0.2) is 6.54 Å². The highest BCUT2D eigenvalue weighted by Gasteiger charge is 2.21. The van der Waals surface area contributed by atoms with Gasteiger partial charge in [-0.05, 0) is 32.1 Å². The lowest BCUT2D eigenvalue weighted by molar-refractivity contribution is -0.896. The number of quaternary nitrogens is 1. The Bertz CT molecular complexity index is 295. The van der Waals surface area contributed by atoms with Crippen LogP contribution < -0.4 is 15.5 Å². The van der Waals surface area contributed by atoms with Crippen molar-refractivity contribution in [2.24, 2.45) is 0 Å². The maximum Gasteiger partial charge on any atom is 0.321 e. The number of carbonyl (C=O) groups is 2. The molecule has 1 aliphatic heterocycles. The van der Waals surface area contributed by atoms with Crippen LogP contribution in [0.5, 0.6) is 0 Å². The summed E-state index contributed by atoms with van der Waals surface area (Å²) in [5.74, 6) is -0.151. The van der Waals surface area contributed by atoms with E-state index in [2.05, 4.69) is 10.6 Å². The summed E-state index contributed by atoms with van der Waals surface area (Å²) >= 11 is 0. The van der Waals surface area contributed by atoms with Crippen LogP contribution in [-0.4, -0.2) is 37.6 Å². The van der Waals surface area contributed by atoms with Gasteiger partial charge in [0.2, 0.25) is 0 Å². The molecule has 2 rings (SSSR count). The van der Waals surface area contributed by atoms with Gasteiger partial charge in [0.25, 0.3) is 5.91 Å². The molecule has 0 aromatic rings. The lowest BCUT2D eigenvalue weighted by Gasteiger charge is -2.22. The smallest absolute Gasteiger partial charge is 0.321 e. The SMILES string of the molecule is O=C(C[NH+]1CCCCC1)NC(=O)NC1CCCC1. The molecule has 1 saturated carbocycles. The molecule has 2 fully saturated rings. The van der Waals surface area contributed by atoms with Crippen molar-refractivity contribution in [2.45, 2.75) is 51.0 Å². The van der Waals surface area contributed by atoms with Crippen molar-refractivity contribution < 1.29 is 14.5 Å². The third-order valence-corrected chi connectivity index (χ3v) is 3.91. The van der Waals surface area contributed by atoms with E-state index in [1.165, 1.54) is 37.0 Å². The van der Waals surface area contributed by atoms with Crippen molar-refractivity contribution in [3.63, 3.8) is 0 Å². The predicted molar refractivity (Wildman–Crippen MR) is 68.3 cm³/mol. The summed E-state index contributed by atoms with van der Waals surface area (Å²) in [6.07, 6.45) is 8.09. The van der Waals surface area contributed by atoms with Crippen LogP contribution in [0.25, 0.3) is 0 Å². The standard InChI is InChI=1S/C13H23N3O2/c17-12(10-16-8-4-1-5-9-16)15-13(18)14-11-6-2-3-7-11/h11H,1-10H2,(H2,14,15,17,18)/p+1. The predicted octanol–water partition coefficient (Wildman–Crippen LogP) is -0.176. The lowest BCUT2D eigenvalue weighted by atomic mass is 10.1. The number of amides is 3. The molecule has 2 aliphatic rings. The Labute approximate surface area is 108 Å². The molecule has 0 unspecified atom stereocenters. The average Bonchev–Trinajstić information content (AvgIpc) is 2.82. The van der Waals surface area contributed by atoms with Crippen LogP contribution in [0.15, 0.2) is 0 Å². The minimum Gasteiger partial charge on any atom is -0.335 e. The molecule has 102 valence electrons. The zero-order chi connectivity index (χ0) is 12.8. The fraction of sp³-hybridized carbons (Fsp3) is 0.846. The van der Waals surface area contributed by atoms with Crippen molar-refractivity contribution in [1.29, 1.82) is 0 Å². The van der Waals surface area contributed by atoms with Gasteiger partial charge in [0.1, 0.15) is 0 Å². The molecular formula is C13H24N3O2+. The molecule has 0 atom stereocenters. The van der Waals surface area contributed by atoms with E-state index in [0.717, 1.165) is 25.9 Å². The van der Waals surface area contributed by atoms with Crippen molar-refractivity contribution >= 4 is 11.9 Å². The Balaban J connectivity index is 1.64. The second kappa shape index (κ2) is 6.73. The first kappa shape index (κ1) is 13.3. The van der Waals surface area contributed by atoms with Crippen molar-refractivity contribution in [3.05, 3.63) is 0 Å². The minimum atomic E-state index is -0.316. The van der Waals surface area contributed by atoms with E-state index in [1.807, 2.05) is 0 Å². The van der Waals surface area contributed by atoms with E-state index in [9.17, 15) is 9.59 Å². The van der Waals surface area contributed by atoms with E-state index in [1.54, 1.807) is 0 Å². The third kappa shape index (κ3) is 4.29. The number of hydrogen-bond donors (Lipinski definition) is 3. The second-order valence-corrected chi connectivity index (χ2v) is 5.49. The number of nitrogens with one attached hydrogen (secondary N) is 3. The summed E-state index contributed by atoms with van der Waals surface area (Å²) in [6, 6.07) is -0.0524. The Morgan fingerprint density at radius 1 is 1.00 bits per heavy atom. The van der Waals surface area contributed by atoms with Gasteiger partial charge in [-0.2, -0.15) is 0 Å². The summed E-state index contributed by atoms with van der Waals surface area (Å²) in [4.78, 5) is 24.6. The summed E-state index contributed by atoms with van der Waals surface area (Å²) in [7, 11) is 0. The molecule has 3 N–H and O–H groups in total. The lowest BCUT2D eigenvalue weighted by Crippen LogP contribution is -3.14. The van der Waals surface area contributed by atoms with Crippen LogP contribution in [0.4, 0.5) is 4.79 Å². The highest BCUT2D eigenvalue weighted by atomic mass is 16.2. The first-order chi connectivity index (χ1) is 8.74. The third-order valence-electron chi connectivity index (χ3n) is 3.91. The highest BCUT2D eigenvalue weighted by Crippen LogP contribution is 2.17. The maximum atomic E-state index is 11.7. The topological polar surface area (TPSA) is 62.6 Å². The Kier molecular flexibility index (Phi) is 4.99. The molecule has 5 heteroatoms. The van der Waals surface area contributed by atoms with Gasteiger partial charge in [-0.25, -0.2) is 4.79 Å². The fourth-order valence-corrected chi connectivity index (χ4v) is 2.92. The largest absolute Gasteiger partial charge is 0.335 e. The highest BCUT2D eigenvalue weighted by molar-refractivity contribution is 5.94. The molecular weight excluding hydrogens is 230 g/mol. The number of urea groups is 1. The summed E-state index contributed by atoms with van der Waals surface area (Å²) < 4.78 is 0. The monoisotopic (exact) mass is 254 g/mol. The number of piperidine rings is 1. The van der Waals surface area contributed by atoms with E-state index in [4.69, 9.17) is 0 Å². The molecule has 5 nitrogen and oxygen atoms in total. The quantitative estimate of drug-likeness (QED) is 0.654. The molecule has 0 aromatic heterocycles. The number of rotatable bonds is 3. The minimum absolute atomic E-state index is 0.151. The molecule has 0 bridgehead atoms. The maximum absolute atomic E-state index is 11.7. The van der Waals surface area contributed by atoms with Crippen LogP contribution in [0.1, 0.15) is 44.9 Å². The molecule has 0 aromatic carbocycles. The van der Waals surface area contributed by atoms with Crippen LogP contribution in [0.2, 0.25) is 0 Å². The van der Waals surface area contributed by atoms with Gasteiger partial charge in [-0.15, -0.1) is 0 Å². The van der Waals surface area contributed by atoms with Gasteiger partial charge in [-0.1, -0.05) is 12.8 Å². The van der Waals surface area contributed by atoms with Crippen molar-refractivity contribution in [1.82, 2.24) is 10.6 Å². The van der Waals surface area contributed by atoms with Gasteiger partial charge in [-0.3, -0.25) is 10.1 Å². The van der Waals surface area contributed by atoms with Crippen LogP contribution in [0.3, 0.4) is 0 Å². The number of carbonyl (C=O) groups excluding carboxylic acids is 2. The van der Waals surface area contributed by atoms with Crippen molar-refractivity contribution in [2.75, 3.05) is 19.6 Å². The number of likely N-dealkylation sites (tertiary alicyclic amines) is 1. The zero-order valence-electron chi connectivity index (χ0n) is 11.0. The molecule has 3 amide bonds. The second-order valence-electron chi connectivity index (χ2n) is 5.49. The zero-order valence-corrected chi connectivity index (χ0v) is 11.0. The van der Waals surface area contributed by atoms with E-state index >= 15 is 0 Å². The van der Waals surface area contributed by atoms with Gasteiger partial charge in [0.05, 0.1) is 13.1 Å². The molecule has 18 heavy (non-hydrogen) atoms. The summed E-state index contributed by atoms with van der Waals surface area (Å²) in [5.41, 5.74) is 0. The van der Waals surface area contributed by atoms with E-state index in [-0.39, 0.29) is 18.0 Å². The molecule has 1 heterocycles. The first-order valence-electron chi connectivity index (χ1n) is 7.18. The van der Waals surface area contributed by atoms with Gasteiger partial charge >= 0.3 is 6.03 Å². The van der Waals surface area contributed by atoms with E-state index in [0.29, 0.717) is 6.54 Å². The van der Waals surface area contributed by atoms with Gasteiger partial charge in [0, 0.05) is 6.04 Å². The van der Waals surface area contributed by atoms with Crippen LogP contribution in [-0.2, 0) is 4.79 Å². The number of imide groups is 1. The summed E-state index contributed by atoms with van der Waals surface area (Å²) in [5, 5.41) is 5.31. The Hall–Kier alpha value is -1.10. The van der Waals surface area contributed by atoms with Gasteiger partial charge < -0.3 is 10.2 Å². The number of hydrogen-bond acceptors (Lipinski definition) is 2. The molecule has 0 spiro atoms. The first-order valence-corrected chi connectivity index (χ1v) is 7.18. The Morgan fingerprint density at radius 2 is 1.67 bits per heavy atom. The van der Waals surface area contributed by atoms with E-state index < -0.39 is 0 Å². The fourth-order valence-electron chi connectivity index (χ4n) is 2.92. The molecule has 1 aliphatic carbocycles. The van der Waals surface area contributed by atoms with Crippen LogP contribution >= 0.6 is 0 Å². The Morgan fingerprint density at radius 3 is 2.33 bits per heavy atom. The van der Waals surface area contributed by atoms with Crippen LogP contribution in [0, 0.1) is 0 Å². The van der Waals surface area contributed by atoms with Crippen molar-refractivity contribution in [3.8, 4) is 0 Å². The average molecular weight is 254 g/mol. The molecule has 0 radical (unpaired) electrons. The summed E-state index contributed by atoms with van der Waals surface area (Å²) in [6.45, 7) is 2.54. The normalized spacial score (nSPS) is 21.8.